The number of anilines is 2. The zero-order valence-electron chi connectivity index (χ0n) is 18.3. The van der Waals surface area contributed by atoms with Crippen molar-refractivity contribution in [3.05, 3.63) is 47.5 Å². The number of amides is 2. The number of aryl methyl sites for hydroxylation is 2. The number of rotatable bonds is 4. The highest BCUT2D eigenvalue weighted by atomic mass is 32.2. The summed E-state index contributed by atoms with van der Waals surface area (Å²) in [6.45, 7) is 5.99. The number of ether oxygens (including phenoxy) is 1. The number of fused-ring (bicyclic) bond motifs is 1. The molecule has 8 nitrogen and oxygen atoms in total. The minimum Gasteiger partial charge on any atom is -0.479 e. The van der Waals surface area contributed by atoms with Crippen molar-refractivity contribution in [2.75, 3.05) is 23.7 Å². The van der Waals surface area contributed by atoms with Crippen LogP contribution < -0.4 is 15.4 Å². The van der Waals surface area contributed by atoms with E-state index >= 15 is 0 Å². The highest BCUT2D eigenvalue weighted by Crippen LogP contribution is 2.34. The molecule has 2 heterocycles. The molecule has 32 heavy (non-hydrogen) atoms. The molecule has 0 unspecified atom stereocenters. The number of benzene rings is 2. The van der Waals surface area contributed by atoms with Crippen molar-refractivity contribution in [2.24, 2.45) is 5.92 Å². The van der Waals surface area contributed by atoms with Gasteiger partial charge in [0.15, 0.2) is 6.10 Å². The van der Waals surface area contributed by atoms with Crippen LogP contribution in [-0.2, 0) is 19.6 Å². The van der Waals surface area contributed by atoms with Gasteiger partial charge >= 0.3 is 0 Å². The van der Waals surface area contributed by atoms with Crippen LogP contribution in [0.3, 0.4) is 0 Å². The van der Waals surface area contributed by atoms with Crippen molar-refractivity contribution in [3.8, 4) is 5.75 Å². The molecular weight excluding hydrogens is 430 g/mol. The topological polar surface area (TPSA) is 105 Å². The van der Waals surface area contributed by atoms with Crippen LogP contribution >= 0.6 is 0 Å². The standard InChI is InChI=1S/C23H27N3O5S/c1-14-6-8-19(15(2)11-14)24-23(28)17-5-4-10-26(13-17)32(29,30)18-7-9-21-20(12-18)25-22(27)16(3)31-21/h6-9,11-12,16-17H,4-5,10,13H2,1-3H3,(H,24,28)(H,25,27)/t16-,17-/m1/s1. The Bertz CT molecular complexity index is 1180. The molecule has 2 amide bonds. The Labute approximate surface area is 188 Å². The molecular formula is C23H27N3O5S. The molecule has 1 saturated heterocycles. The van der Waals surface area contributed by atoms with E-state index in [-0.39, 0.29) is 23.3 Å². The summed E-state index contributed by atoms with van der Waals surface area (Å²) in [5.41, 5.74) is 3.14. The maximum absolute atomic E-state index is 13.3. The Hall–Kier alpha value is -2.91. The summed E-state index contributed by atoms with van der Waals surface area (Å²) in [5, 5.41) is 5.62. The van der Waals surface area contributed by atoms with E-state index in [2.05, 4.69) is 10.6 Å². The highest BCUT2D eigenvalue weighted by Gasteiger charge is 2.34. The monoisotopic (exact) mass is 457 g/mol. The molecule has 2 atom stereocenters. The summed E-state index contributed by atoms with van der Waals surface area (Å²) in [7, 11) is -3.83. The van der Waals surface area contributed by atoms with Gasteiger partial charge < -0.3 is 15.4 Å². The van der Waals surface area contributed by atoms with E-state index in [1.807, 2.05) is 32.0 Å². The van der Waals surface area contributed by atoms with Gasteiger partial charge in [0.1, 0.15) is 5.75 Å². The molecule has 0 saturated carbocycles. The van der Waals surface area contributed by atoms with Crippen molar-refractivity contribution in [1.82, 2.24) is 4.31 Å². The number of carbonyl (C=O) groups excluding carboxylic acids is 2. The Morgan fingerprint density at radius 3 is 2.72 bits per heavy atom. The van der Waals surface area contributed by atoms with Crippen LogP contribution in [0.5, 0.6) is 5.75 Å². The maximum atomic E-state index is 13.3. The van der Waals surface area contributed by atoms with E-state index in [0.717, 1.165) is 16.8 Å². The fourth-order valence-corrected chi connectivity index (χ4v) is 5.61. The lowest BCUT2D eigenvalue weighted by Crippen LogP contribution is -2.43. The van der Waals surface area contributed by atoms with Crippen LogP contribution in [-0.4, -0.2) is 43.7 Å². The number of hydrogen-bond donors (Lipinski definition) is 2. The van der Waals surface area contributed by atoms with Crippen LogP contribution in [0.25, 0.3) is 0 Å². The Kier molecular flexibility index (Phi) is 5.96. The first kappa shape index (κ1) is 22.3. The third-order valence-electron chi connectivity index (χ3n) is 5.91. The molecule has 0 spiro atoms. The molecule has 2 aromatic carbocycles. The van der Waals surface area contributed by atoms with Gasteiger partial charge in [-0.25, -0.2) is 8.42 Å². The predicted molar refractivity (Wildman–Crippen MR) is 121 cm³/mol. The summed E-state index contributed by atoms with van der Waals surface area (Å²) in [6.07, 6.45) is 0.574. The number of piperidine rings is 1. The van der Waals surface area contributed by atoms with Gasteiger partial charge in [-0.15, -0.1) is 0 Å². The van der Waals surface area contributed by atoms with Gasteiger partial charge in [0, 0.05) is 18.8 Å². The fourth-order valence-electron chi connectivity index (χ4n) is 4.06. The van der Waals surface area contributed by atoms with E-state index in [4.69, 9.17) is 4.74 Å². The largest absolute Gasteiger partial charge is 0.479 e. The third-order valence-corrected chi connectivity index (χ3v) is 7.78. The van der Waals surface area contributed by atoms with Gasteiger partial charge in [0.05, 0.1) is 16.5 Å². The lowest BCUT2D eigenvalue weighted by atomic mass is 9.98. The predicted octanol–water partition coefficient (Wildman–Crippen LogP) is 3.06. The zero-order chi connectivity index (χ0) is 23.0. The van der Waals surface area contributed by atoms with Gasteiger partial charge in [-0.3, -0.25) is 9.59 Å². The van der Waals surface area contributed by atoms with Crippen molar-refractivity contribution in [3.63, 3.8) is 0 Å². The Balaban J connectivity index is 1.50. The molecule has 0 radical (unpaired) electrons. The second-order valence-electron chi connectivity index (χ2n) is 8.42. The zero-order valence-corrected chi connectivity index (χ0v) is 19.2. The minimum atomic E-state index is -3.83. The second kappa shape index (κ2) is 8.55. The van der Waals surface area contributed by atoms with Crippen molar-refractivity contribution in [1.29, 1.82) is 0 Å². The van der Waals surface area contributed by atoms with E-state index in [1.54, 1.807) is 13.0 Å². The van der Waals surface area contributed by atoms with Crippen LogP contribution in [0, 0.1) is 19.8 Å². The summed E-state index contributed by atoms with van der Waals surface area (Å²) in [5.74, 6) is -0.522. The highest BCUT2D eigenvalue weighted by molar-refractivity contribution is 7.89. The summed E-state index contributed by atoms with van der Waals surface area (Å²) >= 11 is 0. The van der Waals surface area contributed by atoms with Gasteiger partial charge in [-0.1, -0.05) is 17.7 Å². The minimum absolute atomic E-state index is 0.0603. The molecule has 2 N–H and O–H groups in total. The average molecular weight is 458 g/mol. The van der Waals surface area contributed by atoms with Crippen LogP contribution in [0.15, 0.2) is 41.3 Å². The first-order valence-electron chi connectivity index (χ1n) is 10.6. The summed E-state index contributed by atoms with van der Waals surface area (Å²) in [4.78, 5) is 24.8. The van der Waals surface area contributed by atoms with Crippen LogP contribution in [0.2, 0.25) is 0 Å². The Morgan fingerprint density at radius 2 is 1.97 bits per heavy atom. The molecule has 9 heteroatoms. The van der Waals surface area contributed by atoms with E-state index in [0.29, 0.717) is 30.8 Å². The van der Waals surface area contributed by atoms with Crippen molar-refractivity contribution < 1.29 is 22.7 Å². The van der Waals surface area contributed by atoms with E-state index in [1.165, 1.54) is 16.4 Å². The lowest BCUT2D eigenvalue weighted by molar-refractivity contribution is -0.123. The van der Waals surface area contributed by atoms with E-state index < -0.39 is 22.0 Å². The van der Waals surface area contributed by atoms with Gasteiger partial charge in [0.2, 0.25) is 15.9 Å². The molecule has 2 aliphatic rings. The molecule has 2 aliphatic heterocycles. The molecule has 170 valence electrons. The smallest absolute Gasteiger partial charge is 0.265 e. The third kappa shape index (κ3) is 4.35. The maximum Gasteiger partial charge on any atom is 0.265 e. The number of carbonyl (C=O) groups is 2. The normalized spacial score (nSPS) is 21.3. The summed E-state index contributed by atoms with van der Waals surface area (Å²) in [6, 6.07) is 10.2. The van der Waals surface area contributed by atoms with Gasteiger partial charge in [0.25, 0.3) is 5.91 Å². The average Bonchev–Trinajstić information content (AvgIpc) is 2.76. The molecule has 4 rings (SSSR count). The summed E-state index contributed by atoms with van der Waals surface area (Å²) < 4.78 is 33.4. The quantitative estimate of drug-likeness (QED) is 0.734. The number of nitrogens with zero attached hydrogens (tertiary/aromatic N) is 1. The second-order valence-corrected chi connectivity index (χ2v) is 10.4. The molecule has 0 aromatic heterocycles. The van der Waals surface area contributed by atoms with Crippen LogP contribution in [0.1, 0.15) is 30.9 Å². The molecule has 2 aromatic rings. The first-order chi connectivity index (χ1) is 15.1. The van der Waals surface area contributed by atoms with Gasteiger partial charge in [-0.2, -0.15) is 4.31 Å². The SMILES string of the molecule is Cc1ccc(NC(=O)[C@@H]2CCCN(S(=O)(=O)c3ccc4c(c3)NC(=O)[C@@H](C)O4)C2)c(C)c1. The van der Waals surface area contributed by atoms with Crippen molar-refractivity contribution >= 4 is 33.2 Å². The molecule has 0 bridgehead atoms. The van der Waals surface area contributed by atoms with E-state index in [9.17, 15) is 18.0 Å². The molecule has 1 fully saturated rings. The lowest BCUT2D eigenvalue weighted by Gasteiger charge is -2.31. The first-order valence-corrected chi connectivity index (χ1v) is 12.1. The Morgan fingerprint density at radius 1 is 1.19 bits per heavy atom. The number of sulfonamides is 1. The van der Waals surface area contributed by atoms with Crippen LogP contribution in [0.4, 0.5) is 11.4 Å². The van der Waals surface area contributed by atoms with Crippen molar-refractivity contribution in [2.45, 2.75) is 44.6 Å². The number of nitrogens with one attached hydrogen (secondary N) is 2. The number of hydrogen-bond acceptors (Lipinski definition) is 5. The fraction of sp³-hybridized carbons (Fsp3) is 0.391. The van der Waals surface area contributed by atoms with Gasteiger partial charge in [-0.05, 0) is 63.4 Å². The molecule has 0 aliphatic carbocycles.